The second kappa shape index (κ2) is 23.0. The first-order valence-electron chi connectivity index (χ1n) is 4.74. The highest BCUT2D eigenvalue weighted by Crippen LogP contribution is 2.14. The van der Waals surface area contributed by atoms with Crippen molar-refractivity contribution in [1.82, 2.24) is 17.0 Å². The van der Waals surface area contributed by atoms with Gasteiger partial charge in [-0.05, 0) is 0 Å². The molecule has 0 saturated heterocycles. The standard InChI is InChI=1S/C3H6.CH5N5O2.CH4N4O2.H2N2.H3N.H2O.H2/c1-2-3-1;2-1(4-3)5-6(7)8;2-1(3)4-5(6)7;1-2;;;/h1-3H2;3H2,(H3,2,4,5);(H4,2,3,4);1-2H;1H3;1H2;1H. The fraction of sp³-hybridized carbons (Fsp3) is 0.600. The summed E-state index contributed by atoms with van der Waals surface area (Å²) in [6.45, 7) is 0. The second-order valence-electron chi connectivity index (χ2n) is 2.71. The highest BCUT2D eigenvalue weighted by atomic mass is 16.7. The summed E-state index contributed by atoms with van der Waals surface area (Å²) in [6.07, 6.45) is 4.50. The van der Waals surface area contributed by atoms with Crippen LogP contribution in [0.2, 0.25) is 0 Å². The molecule has 0 aromatic heterocycles. The van der Waals surface area contributed by atoms with Gasteiger partial charge in [0.1, 0.15) is 5.10 Å². The molecule has 17 nitrogen and oxygen atoms in total. The molecule has 0 spiro atoms. The zero-order valence-corrected chi connectivity index (χ0v) is 11.5. The fourth-order valence-corrected chi connectivity index (χ4v) is 0.215. The highest BCUT2D eigenvalue weighted by molar-refractivity contribution is 5.76. The molecule has 0 atom stereocenters. The Morgan fingerprint density at radius 1 is 1.18 bits per heavy atom. The van der Waals surface area contributed by atoms with Crippen LogP contribution < -0.4 is 34.3 Å². The molecule has 0 aromatic carbocycles. The normalized spacial score (nSPS) is 9.77. The van der Waals surface area contributed by atoms with E-state index in [1.165, 1.54) is 24.7 Å². The molecule has 17 heteroatoms. The third-order valence-electron chi connectivity index (χ3n) is 0.903. The first-order valence-corrected chi connectivity index (χ1v) is 4.74. The van der Waals surface area contributed by atoms with Gasteiger partial charge in [-0.3, -0.25) is 10.8 Å². The van der Waals surface area contributed by atoms with E-state index in [0.29, 0.717) is 0 Å². The molecule has 0 heterocycles. The van der Waals surface area contributed by atoms with E-state index in [2.05, 4.69) is 16.7 Å². The number of rotatable bonds is 2. The van der Waals surface area contributed by atoms with Gasteiger partial charge in [0.15, 0.2) is 10.1 Å². The molecule has 0 amide bonds. The van der Waals surface area contributed by atoms with Crippen LogP contribution in [0.15, 0.2) is 5.10 Å². The summed E-state index contributed by atoms with van der Waals surface area (Å²) >= 11 is 0. The second-order valence-corrected chi connectivity index (χ2v) is 2.71. The van der Waals surface area contributed by atoms with Crippen molar-refractivity contribution in [2.24, 2.45) is 22.4 Å². The number of guanidine groups is 2. The number of nitro groups is 2. The maximum Gasteiger partial charge on any atom is 0.280 e. The van der Waals surface area contributed by atoms with Crippen LogP contribution in [-0.2, 0) is 0 Å². The molecular formula is C5H24N12O5. The molecule has 0 aromatic rings. The lowest BCUT2D eigenvalue weighted by atomic mass is 11.0. The molecule has 1 fully saturated rings. The Labute approximate surface area is 125 Å². The summed E-state index contributed by atoms with van der Waals surface area (Å²) < 4.78 is 0. The summed E-state index contributed by atoms with van der Waals surface area (Å²) in [6, 6.07) is 0. The molecule has 1 saturated carbocycles. The summed E-state index contributed by atoms with van der Waals surface area (Å²) in [7, 11) is 0. The van der Waals surface area contributed by atoms with E-state index in [1.807, 2.05) is 0 Å². The minimum absolute atomic E-state index is 0. The number of hydrazone groups is 1. The SMILES string of the molecule is C1CC1.N.N=C(N)N[N+](=O)[O-].N=N.NN/C(N)=N/[N+](=O)[O-].O.[HH]. The summed E-state index contributed by atoms with van der Waals surface area (Å²) in [5, 5.41) is 25.7. The molecule has 22 heavy (non-hydrogen) atoms. The molecule has 0 aliphatic heterocycles. The van der Waals surface area contributed by atoms with Crippen LogP contribution in [0.1, 0.15) is 20.7 Å². The van der Waals surface area contributed by atoms with Crippen LogP contribution in [0.4, 0.5) is 0 Å². The third-order valence-corrected chi connectivity index (χ3v) is 0.903. The van der Waals surface area contributed by atoms with E-state index in [4.69, 9.17) is 22.2 Å². The largest absolute Gasteiger partial charge is 0.412 e. The van der Waals surface area contributed by atoms with Crippen LogP contribution in [0.3, 0.4) is 0 Å². The van der Waals surface area contributed by atoms with Gasteiger partial charge >= 0.3 is 0 Å². The topological polar surface area (TPSA) is 339 Å². The lowest BCUT2D eigenvalue weighted by Crippen LogP contribution is -2.37. The Morgan fingerprint density at radius 3 is 1.59 bits per heavy atom. The van der Waals surface area contributed by atoms with Crippen molar-refractivity contribution in [3.63, 3.8) is 0 Å². The average molecular weight is 332 g/mol. The molecule has 0 radical (unpaired) electrons. The fourth-order valence-electron chi connectivity index (χ4n) is 0.215. The Kier molecular flexibility index (Phi) is 32.6. The van der Waals surface area contributed by atoms with Crippen molar-refractivity contribution in [3.05, 3.63) is 20.2 Å². The van der Waals surface area contributed by atoms with Gasteiger partial charge in [-0.25, -0.2) is 37.1 Å². The van der Waals surface area contributed by atoms with Gasteiger partial charge in [0, 0.05) is 1.43 Å². The summed E-state index contributed by atoms with van der Waals surface area (Å²) in [4.78, 5) is 18.7. The zero-order valence-electron chi connectivity index (χ0n) is 11.5. The molecule has 0 unspecified atom stereocenters. The van der Waals surface area contributed by atoms with Crippen molar-refractivity contribution < 1.29 is 17.0 Å². The number of nitrogens with two attached hydrogens (primary N) is 3. The summed E-state index contributed by atoms with van der Waals surface area (Å²) in [5.41, 5.74) is 22.4. The Hall–Kier alpha value is -3.18. The first-order chi connectivity index (χ1) is 9.29. The van der Waals surface area contributed by atoms with Gasteiger partial charge in [0.05, 0.1) is 0 Å². The maximum atomic E-state index is 9.41. The van der Waals surface area contributed by atoms with Crippen LogP contribution in [0, 0.1) is 36.7 Å². The highest BCUT2D eigenvalue weighted by Gasteiger charge is 1.95. The number of hydrogen-bond donors (Lipinski definition) is 9. The average Bonchev–Trinajstić information content (AvgIpc) is 3.17. The molecule has 16 N–H and O–H groups in total. The van der Waals surface area contributed by atoms with Crippen molar-refractivity contribution in [2.75, 3.05) is 0 Å². The summed E-state index contributed by atoms with van der Waals surface area (Å²) in [5.74, 6) is 3.53. The van der Waals surface area contributed by atoms with Gasteiger partial charge in [-0.2, -0.15) is 0 Å². The minimum atomic E-state index is -0.949. The molecule has 1 aliphatic rings. The van der Waals surface area contributed by atoms with Crippen molar-refractivity contribution in [1.29, 1.82) is 16.5 Å². The van der Waals surface area contributed by atoms with Gasteiger partial charge in [0.2, 0.25) is 5.96 Å². The van der Waals surface area contributed by atoms with Crippen molar-refractivity contribution >= 4 is 11.9 Å². The smallest absolute Gasteiger partial charge is 0.280 e. The van der Waals surface area contributed by atoms with Gasteiger partial charge in [-0.15, -0.1) is 0 Å². The van der Waals surface area contributed by atoms with Crippen LogP contribution >= 0.6 is 0 Å². The molecule has 1 rings (SSSR count). The van der Waals surface area contributed by atoms with Gasteiger partial charge in [-0.1, -0.05) is 24.7 Å². The number of hydrogen-bond acceptors (Lipinski definition) is 9. The van der Waals surface area contributed by atoms with E-state index in [0.717, 1.165) is 0 Å². The van der Waals surface area contributed by atoms with Gasteiger partial charge in [0.25, 0.3) is 5.96 Å². The maximum absolute atomic E-state index is 9.41. The van der Waals surface area contributed by atoms with E-state index in [1.54, 1.807) is 5.43 Å². The molecular weight excluding hydrogens is 308 g/mol. The lowest BCUT2D eigenvalue weighted by molar-refractivity contribution is -0.525. The number of nitrogens with zero attached hydrogens (tertiary/aromatic N) is 3. The number of nitrogens with one attached hydrogen (secondary N) is 5. The lowest BCUT2D eigenvalue weighted by Gasteiger charge is -1.87. The van der Waals surface area contributed by atoms with E-state index in [9.17, 15) is 20.2 Å². The third kappa shape index (κ3) is 68.8. The Balaban J connectivity index is -0.0000000442. The molecule has 1 aliphatic carbocycles. The Morgan fingerprint density at radius 2 is 1.55 bits per heavy atom. The van der Waals surface area contributed by atoms with E-state index < -0.39 is 22.0 Å². The minimum Gasteiger partial charge on any atom is -0.412 e. The predicted molar refractivity (Wildman–Crippen MR) is 78.0 cm³/mol. The van der Waals surface area contributed by atoms with Crippen LogP contribution in [0.25, 0.3) is 0 Å². The molecule has 134 valence electrons. The van der Waals surface area contributed by atoms with Crippen molar-refractivity contribution in [2.45, 2.75) is 19.3 Å². The van der Waals surface area contributed by atoms with E-state index in [-0.39, 0.29) is 13.1 Å². The zero-order chi connectivity index (χ0) is 16.6. The van der Waals surface area contributed by atoms with Crippen LogP contribution in [-0.4, -0.2) is 27.5 Å². The Bertz CT molecular complexity index is 323. The van der Waals surface area contributed by atoms with Crippen LogP contribution in [0.5, 0.6) is 0 Å². The van der Waals surface area contributed by atoms with E-state index >= 15 is 0 Å². The molecule has 0 bridgehead atoms. The predicted octanol–water partition coefficient (Wildman–Crippen LogP) is -2.03. The van der Waals surface area contributed by atoms with Gasteiger partial charge < -0.3 is 23.1 Å². The number of hydrazine groups is 2. The quantitative estimate of drug-likeness (QED) is 0.0665. The van der Waals surface area contributed by atoms with Crippen molar-refractivity contribution in [3.8, 4) is 0 Å². The monoisotopic (exact) mass is 332 g/mol. The first kappa shape index (κ1) is 31.3.